The fourth-order valence-corrected chi connectivity index (χ4v) is 7.23. The summed E-state index contributed by atoms with van der Waals surface area (Å²) in [6.45, 7) is 33.0. The third-order valence-electron chi connectivity index (χ3n) is 12.1. The molecule has 4 aromatic carbocycles. The van der Waals surface area contributed by atoms with Crippen molar-refractivity contribution in [2.24, 2.45) is 16.3 Å². The normalized spacial score (nSPS) is 11.6. The van der Waals surface area contributed by atoms with Gasteiger partial charge in [0, 0.05) is 35.1 Å². The molecule has 0 unspecified atom stereocenters. The first-order valence-electron chi connectivity index (χ1n) is 24.7. The van der Waals surface area contributed by atoms with Crippen molar-refractivity contribution in [1.82, 2.24) is 0 Å². The van der Waals surface area contributed by atoms with Crippen molar-refractivity contribution in [1.29, 1.82) is 0 Å². The Morgan fingerprint density at radius 3 is 1.57 bits per heavy atom. The van der Waals surface area contributed by atoms with Gasteiger partial charge in [-0.1, -0.05) is 93.8 Å². The summed E-state index contributed by atoms with van der Waals surface area (Å²) < 4.78 is 1.13. The number of isothiocyanates is 1. The van der Waals surface area contributed by atoms with Crippen molar-refractivity contribution >= 4 is 39.4 Å². The number of phenolic OH excluding ortho intramolecular Hbond substituents is 7. The SMILES string of the molecule is C/C(Br)=C\CCC(C)(C)c1cc(O)c(C)c(O)c1.Cc1c(O)cc(/C=C/C#CC(C)(C)C)cc1O.Cc1c(O)cc(C(C)(C)C#CCCC(C)C)cc1O.Cc1cc(O)cc(C(C)(C)CCCCN=C=S)c1. The average molecular weight is 1070 g/mol. The zero-order valence-corrected chi connectivity index (χ0v) is 48.4. The molecule has 0 aliphatic rings. The molecular weight excluding hydrogens is 983 g/mol. The molecule has 0 radical (unpaired) electrons. The number of allylic oxidation sites excluding steroid dienone is 3. The molecule has 4 aromatic rings. The summed E-state index contributed by atoms with van der Waals surface area (Å²) in [5, 5.41) is 70.2. The minimum absolute atomic E-state index is 0.0259. The molecule has 0 fully saturated rings. The van der Waals surface area contributed by atoms with Crippen LogP contribution in [0.2, 0.25) is 0 Å². The van der Waals surface area contributed by atoms with Gasteiger partial charge in [-0.2, -0.15) is 0 Å². The van der Waals surface area contributed by atoms with Crippen LogP contribution in [0.4, 0.5) is 0 Å². The van der Waals surface area contributed by atoms with E-state index in [-0.39, 0.29) is 56.2 Å². The lowest BCUT2D eigenvalue weighted by Gasteiger charge is -2.26. The van der Waals surface area contributed by atoms with Crippen LogP contribution in [-0.2, 0) is 16.2 Å². The van der Waals surface area contributed by atoms with Gasteiger partial charge in [0.25, 0.3) is 0 Å². The first kappa shape index (κ1) is 64.4. The minimum Gasteiger partial charge on any atom is -0.508 e. The summed E-state index contributed by atoms with van der Waals surface area (Å²) in [5.41, 5.74) is 5.94. The summed E-state index contributed by atoms with van der Waals surface area (Å²) in [6, 6.07) is 15.9. The molecule has 4 rings (SSSR count). The lowest BCUT2D eigenvalue weighted by molar-refractivity contribution is 0.429. The van der Waals surface area contributed by atoms with Crippen LogP contribution >= 0.6 is 28.1 Å². The van der Waals surface area contributed by atoms with Gasteiger partial charge in [-0.05, 0) is 223 Å². The Labute approximate surface area is 447 Å². The standard InChI is InChI=1S/C17H24O2.C15H21BrO2.C15H21NOS.C15H18O2/c1-12(2)8-6-7-9-17(4,5)14-10-15(18)13(3)16(19)11-14;1-10(16)6-5-7-15(3,4)12-8-13(17)11(2)14(18)9-12;1-12-8-13(10-14(17)9-12)15(2,3)6-4-5-7-16-11-18;1-11-13(16)9-12(10-14(11)17)7-5-6-8-15(2,3)4/h10-12,18-19H,6,8H2,1-5H3;6,8-9,17-18H,5,7H2,1-4H3;8-10,17H,4-7H2,1-3H3;5,7,9-10,16-17H,1-4H3/b;10-6+;;7-5+. The molecule has 0 aromatic heterocycles. The number of hydrogen-bond donors (Lipinski definition) is 7. The van der Waals surface area contributed by atoms with E-state index in [2.05, 4.69) is 116 Å². The molecule has 0 saturated carbocycles. The Hall–Kier alpha value is -5.64. The zero-order chi connectivity index (χ0) is 55.2. The van der Waals surface area contributed by atoms with Crippen LogP contribution in [0.5, 0.6) is 40.2 Å². The molecule has 0 aliphatic heterocycles. The second kappa shape index (κ2) is 29.8. The Balaban J connectivity index is 0.000000480. The maximum absolute atomic E-state index is 9.78. The van der Waals surface area contributed by atoms with Crippen molar-refractivity contribution in [3.8, 4) is 63.9 Å². The molecule has 392 valence electrons. The van der Waals surface area contributed by atoms with Gasteiger partial charge in [0.15, 0.2) is 0 Å². The number of nitrogens with zero attached hydrogens (tertiary/aromatic N) is 1. The van der Waals surface area contributed by atoms with Gasteiger partial charge in [0.1, 0.15) is 40.2 Å². The highest BCUT2D eigenvalue weighted by Gasteiger charge is 2.23. The number of hydrogen-bond acceptors (Lipinski definition) is 9. The number of thiocarbonyl (C=S) groups is 1. The Kier molecular flexibility index (Phi) is 26.6. The van der Waals surface area contributed by atoms with E-state index in [0.717, 1.165) is 78.2 Å². The third-order valence-corrected chi connectivity index (χ3v) is 12.5. The van der Waals surface area contributed by atoms with Crippen molar-refractivity contribution < 1.29 is 35.7 Å². The van der Waals surface area contributed by atoms with Crippen LogP contribution in [-0.4, -0.2) is 47.5 Å². The maximum atomic E-state index is 9.78. The summed E-state index contributed by atoms with van der Waals surface area (Å²) in [6.07, 6.45) is 12.7. The lowest BCUT2D eigenvalue weighted by atomic mass is 9.79. The Morgan fingerprint density at radius 2 is 1.11 bits per heavy atom. The second-order valence-corrected chi connectivity index (χ2v) is 23.2. The molecule has 10 heteroatoms. The van der Waals surface area contributed by atoms with E-state index in [0.29, 0.717) is 28.4 Å². The van der Waals surface area contributed by atoms with Gasteiger partial charge in [0.05, 0.1) is 10.6 Å². The number of rotatable bonds is 14. The number of aromatic hydroxyl groups is 7. The summed E-state index contributed by atoms with van der Waals surface area (Å²) in [4.78, 5) is 3.92. The molecule has 0 bridgehead atoms. The predicted octanol–water partition coefficient (Wildman–Crippen LogP) is 16.6. The topological polar surface area (TPSA) is 154 Å². The van der Waals surface area contributed by atoms with Gasteiger partial charge in [0.2, 0.25) is 0 Å². The van der Waals surface area contributed by atoms with Crippen molar-refractivity contribution in [2.45, 2.75) is 172 Å². The van der Waals surface area contributed by atoms with Crippen LogP contribution in [0.25, 0.3) is 6.08 Å². The summed E-state index contributed by atoms with van der Waals surface area (Å²) >= 11 is 7.95. The van der Waals surface area contributed by atoms with Gasteiger partial charge < -0.3 is 35.7 Å². The zero-order valence-electron chi connectivity index (χ0n) is 46.0. The van der Waals surface area contributed by atoms with Crippen LogP contribution in [0.15, 0.2) is 76.2 Å². The third kappa shape index (κ3) is 24.2. The fraction of sp³-hybridized carbons (Fsp3) is 0.468. The Morgan fingerprint density at radius 1 is 0.639 bits per heavy atom. The fourth-order valence-electron chi connectivity index (χ4n) is 6.91. The number of benzene rings is 4. The van der Waals surface area contributed by atoms with E-state index in [4.69, 9.17) is 0 Å². The molecule has 0 saturated heterocycles. The molecule has 8 nitrogen and oxygen atoms in total. The highest BCUT2D eigenvalue weighted by molar-refractivity contribution is 9.11. The molecule has 7 N–H and O–H groups in total. The minimum atomic E-state index is -0.375. The number of halogens is 1. The molecular formula is C62H84BrNO7S. The largest absolute Gasteiger partial charge is 0.508 e. The van der Waals surface area contributed by atoms with E-state index in [9.17, 15) is 35.7 Å². The maximum Gasteiger partial charge on any atom is 0.122 e. The molecule has 72 heavy (non-hydrogen) atoms. The molecule has 0 atom stereocenters. The number of phenols is 7. The Bertz CT molecular complexity index is 2550. The average Bonchev–Trinajstić information content (AvgIpc) is 3.26. The van der Waals surface area contributed by atoms with E-state index >= 15 is 0 Å². The number of aliphatic imine (C=N–C) groups is 1. The van der Waals surface area contributed by atoms with Gasteiger partial charge in [-0.3, -0.25) is 0 Å². The molecule has 0 spiro atoms. The van der Waals surface area contributed by atoms with Crippen LogP contribution in [0, 0.1) is 62.7 Å². The van der Waals surface area contributed by atoms with Gasteiger partial charge in [-0.15, -0.1) is 5.92 Å². The van der Waals surface area contributed by atoms with Crippen molar-refractivity contribution in [3.05, 3.63) is 116 Å². The van der Waals surface area contributed by atoms with Crippen LogP contribution < -0.4 is 0 Å². The number of aryl methyl sites for hydroxylation is 1. The van der Waals surface area contributed by atoms with E-state index in [1.165, 1.54) is 5.56 Å². The number of unbranched alkanes of at least 4 members (excludes halogenated alkanes) is 1. The monoisotopic (exact) mass is 1070 g/mol. The first-order valence-corrected chi connectivity index (χ1v) is 25.9. The quantitative estimate of drug-likeness (QED) is 0.0285. The molecule has 0 aliphatic carbocycles. The van der Waals surface area contributed by atoms with E-state index in [1.54, 1.807) is 75.4 Å². The lowest BCUT2D eigenvalue weighted by Crippen LogP contribution is -2.17. The summed E-state index contributed by atoms with van der Waals surface area (Å²) in [5.74, 6) is 14.2. The highest BCUT2D eigenvalue weighted by Crippen LogP contribution is 2.37. The molecule has 0 heterocycles. The van der Waals surface area contributed by atoms with Crippen molar-refractivity contribution in [2.75, 3.05) is 6.54 Å². The van der Waals surface area contributed by atoms with Gasteiger partial charge in [-0.25, -0.2) is 4.99 Å². The first-order chi connectivity index (χ1) is 33.2. The second-order valence-electron chi connectivity index (χ2n) is 21.8. The van der Waals surface area contributed by atoms with Gasteiger partial charge >= 0.3 is 0 Å². The smallest absolute Gasteiger partial charge is 0.122 e. The predicted molar refractivity (Wildman–Crippen MR) is 309 cm³/mol. The van der Waals surface area contributed by atoms with Crippen LogP contribution in [0.1, 0.15) is 173 Å². The van der Waals surface area contributed by atoms with Crippen LogP contribution in [0.3, 0.4) is 0 Å². The molecule has 0 amide bonds. The van der Waals surface area contributed by atoms with Crippen molar-refractivity contribution in [3.63, 3.8) is 0 Å². The van der Waals surface area contributed by atoms with E-state index in [1.807, 2.05) is 54.5 Å². The highest BCUT2D eigenvalue weighted by atomic mass is 79.9. The summed E-state index contributed by atoms with van der Waals surface area (Å²) in [7, 11) is 0. The van der Waals surface area contributed by atoms with E-state index < -0.39 is 0 Å².